The molecule has 0 unspecified atom stereocenters. The number of aromatic amines is 1. The van der Waals surface area contributed by atoms with E-state index in [-0.39, 0.29) is 0 Å². The van der Waals surface area contributed by atoms with Crippen LogP contribution in [0.15, 0.2) is 53.1 Å². The number of fused-ring (bicyclic) bond motifs is 1. The minimum absolute atomic E-state index is 0.799. The van der Waals surface area contributed by atoms with E-state index in [4.69, 9.17) is 9.72 Å². The molecule has 0 bridgehead atoms. The second-order valence-corrected chi connectivity index (χ2v) is 7.75. The summed E-state index contributed by atoms with van der Waals surface area (Å²) in [6.07, 6.45) is 11.0. The number of benzene rings is 1. The van der Waals surface area contributed by atoms with Crippen molar-refractivity contribution in [1.29, 1.82) is 0 Å². The third kappa shape index (κ3) is 3.89. The molecule has 2 aliphatic rings. The average molecular weight is 368 g/mol. The minimum Gasteiger partial charge on any atom is -0.378 e. The van der Waals surface area contributed by atoms with E-state index in [1.54, 1.807) is 0 Å². The van der Waals surface area contributed by atoms with Gasteiger partial charge in [-0.3, -0.25) is 0 Å². The first-order valence-corrected chi connectivity index (χ1v) is 10.4. The zero-order valence-corrected chi connectivity index (χ0v) is 16.0. The fourth-order valence-corrected chi connectivity index (χ4v) is 4.07. The van der Waals surface area contributed by atoms with E-state index in [0.29, 0.717) is 0 Å². The number of hydrogen-bond donors (Lipinski definition) is 1. The van der Waals surface area contributed by atoms with Gasteiger partial charge >= 0.3 is 0 Å². The molecule has 26 heavy (non-hydrogen) atoms. The number of thioether (sulfide) groups is 1. The SMILES string of the molecule is CCCSc1ccc2nc(C3=CCC=CC(N4CCOCC4)=C3)[nH]c2c1. The van der Waals surface area contributed by atoms with Gasteiger partial charge in [0.05, 0.1) is 24.2 Å². The molecule has 4 nitrogen and oxygen atoms in total. The number of allylic oxidation sites excluding steroid dienone is 5. The van der Waals surface area contributed by atoms with Crippen LogP contribution in [0.5, 0.6) is 0 Å². The molecule has 0 saturated carbocycles. The molecule has 0 amide bonds. The quantitative estimate of drug-likeness (QED) is 0.783. The van der Waals surface area contributed by atoms with E-state index in [9.17, 15) is 0 Å². The molecule has 0 spiro atoms. The summed E-state index contributed by atoms with van der Waals surface area (Å²) < 4.78 is 5.48. The summed E-state index contributed by atoms with van der Waals surface area (Å²) in [6, 6.07) is 6.51. The average Bonchev–Trinajstić information content (AvgIpc) is 2.95. The number of imidazole rings is 1. The second-order valence-electron chi connectivity index (χ2n) is 6.58. The van der Waals surface area contributed by atoms with Gasteiger partial charge in [-0.25, -0.2) is 4.98 Å². The molecule has 5 heteroatoms. The van der Waals surface area contributed by atoms with Gasteiger partial charge in [-0.05, 0) is 48.9 Å². The highest BCUT2D eigenvalue weighted by Gasteiger charge is 2.15. The summed E-state index contributed by atoms with van der Waals surface area (Å²) in [5, 5.41) is 0. The first-order valence-electron chi connectivity index (χ1n) is 9.37. The van der Waals surface area contributed by atoms with Crippen molar-refractivity contribution in [2.24, 2.45) is 0 Å². The number of rotatable bonds is 5. The molecule has 1 fully saturated rings. The molecular formula is C21H25N3OS. The van der Waals surface area contributed by atoms with E-state index in [1.807, 2.05) is 11.8 Å². The molecular weight excluding hydrogens is 342 g/mol. The Morgan fingerprint density at radius 2 is 2.15 bits per heavy atom. The van der Waals surface area contributed by atoms with Gasteiger partial charge in [-0.1, -0.05) is 19.1 Å². The highest BCUT2D eigenvalue weighted by Crippen LogP contribution is 2.27. The third-order valence-electron chi connectivity index (χ3n) is 4.64. The topological polar surface area (TPSA) is 41.2 Å². The molecule has 1 aliphatic heterocycles. The molecule has 1 N–H and O–H groups in total. The van der Waals surface area contributed by atoms with Gasteiger partial charge in [-0.15, -0.1) is 11.8 Å². The Labute approximate surface area is 159 Å². The Morgan fingerprint density at radius 1 is 1.27 bits per heavy atom. The third-order valence-corrected chi connectivity index (χ3v) is 5.84. The molecule has 0 radical (unpaired) electrons. The van der Waals surface area contributed by atoms with Crippen LogP contribution in [-0.2, 0) is 4.74 Å². The van der Waals surface area contributed by atoms with Gasteiger partial charge < -0.3 is 14.6 Å². The molecule has 4 rings (SSSR count). The Morgan fingerprint density at radius 3 is 3.00 bits per heavy atom. The lowest BCUT2D eigenvalue weighted by atomic mass is 10.2. The van der Waals surface area contributed by atoms with Crippen molar-refractivity contribution in [3.05, 3.63) is 54.0 Å². The van der Waals surface area contributed by atoms with Crippen molar-refractivity contribution in [2.45, 2.75) is 24.7 Å². The van der Waals surface area contributed by atoms with Crippen molar-refractivity contribution in [1.82, 2.24) is 14.9 Å². The Kier molecular flexibility index (Phi) is 5.46. The van der Waals surface area contributed by atoms with E-state index >= 15 is 0 Å². The predicted molar refractivity (Wildman–Crippen MR) is 109 cm³/mol. The lowest BCUT2D eigenvalue weighted by Gasteiger charge is -2.29. The van der Waals surface area contributed by atoms with Crippen molar-refractivity contribution in [3.63, 3.8) is 0 Å². The van der Waals surface area contributed by atoms with Crippen LogP contribution in [0.3, 0.4) is 0 Å². The number of H-pyrrole nitrogens is 1. The number of ether oxygens (including phenoxy) is 1. The molecule has 2 heterocycles. The van der Waals surface area contributed by atoms with E-state index < -0.39 is 0 Å². The first kappa shape index (κ1) is 17.4. The lowest BCUT2D eigenvalue weighted by molar-refractivity contribution is 0.0554. The Bertz CT molecular complexity index is 859. The zero-order chi connectivity index (χ0) is 17.8. The van der Waals surface area contributed by atoms with Crippen LogP contribution < -0.4 is 0 Å². The van der Waals surface area contributed by atoms with Crippen molar-refractivity contribution in [3.8, 4) is 0 Å². The van der Waals surface area contributed by atoms with Crippen LogP contribution in [0, 0.1) is 0 Å². The van der Waals surface area contributed by atoms with Crippen LogP contribution in [0.4, 0.5) is 0 Å². The number of nitrogens with one attached hydrogen (secondary N) is 1. The number of morpholine rings is 1. The van der Waals surface area contributed by atoms with E-state index in [2.05, 4.69) is 59.3 Å². The van der Waals surface area contributed by atoms with Gasteiger partial charge in [0.25, 0.3) is 0 Å². The highest BCUT2D eigenvalue weighted by molar-refractivity contribution is 7.99. The number of hydrogen-bond acceptors (Lipinski definition) is 4. The maximum Gasteiger partial charge on any atom is 0.138 e. The minimum atomic E-state index is 0.799. The smallest absolute Gasteiger partial charge is 0.138 e. The summed E-state index contributed by atoms with van der Waals surface area (Å²) in [6.45, 7) is 5.70. The Balaban J connectivity index is 1.61. The molecule has 1 aromatic heterocycles. The molecule has 1 saturated heterocycles. The van der Waals surface area contributed by atoms with Crippen LogP contribution in [0.2, 0.25) is 0 Å². The van der Waals surface area contributed by atoms with Gasteiger partial charge in [0.15, 0.2) is 0 Å². The first-order chi connectivity index (χ1) is 12.8. The van der Waals surface area contributed by atoms with Crippen LogP contribution in [-0.4, -0.2) is 46.9 Å². The summed E-state index contributed by atoms with van der Waals surface area (Å²) in [5.74, 6) is 2.10. The summed E-state index contributed by atoms with van der Waals surface area (Å²) >= 11 is 1.90. The van der Waals surface area contributed by atoms with Crippen LogP contribution in [0.1, 0.15) is 25.6 Å². The highest BCUT2D eigenvalue weighted by atomic mass is 32.2. The van der Waals surface area contributed by atoms with Crippen molar-refractivity contribution in [2.75, 3.05) is 32.1 Å². The molecule has 2 aromatic rings. The maximum atomic E-state index is 5.48. The van der Waals surface area contributed by atoms with Gasteiger partial charge in [0.2, 0.25) is 0 Å². The van der Waals surface area contributed by atoms with E-state index in [0.717, 1.165) is 60.9 Å². The largest absolute Gasteiger partial charge is 0.378 e. The summed E-state index contributed by atoms with van der Waals surface area (Å²) in [7, 11) is 0. The van der Waals surface area contributed by atoms with Crippen LogP contribution >= 0.6 is 11.8 Å². The molecule has 1 aromatic carbocycles. The monoisotopic (exact) mass is 367 g/mol. The fourth-order valence-electron chi connectivity index (χ4n) is 3.27. The summed E-state index contributed by atoms with van der Waals surface area (Å²) in [5.41, 5.74) is 4.55. The number of nitrogens with zero attached hydrogens (tertiary/aromatic N) is 2. The van der Waals surface area contributed by atoms with Crippen LogP contribution in [0.25, 0.3) is 16.6 Å². The van der Waals surface area contributed by atoms with Crippen molar-refractivity contribution >= 4 is 28.4 Å². The normalized spacial score (nSPS) is 18.0. The zero-order valence-electron chi connectivity index (χ0n) is 15.2. The molecule has 1 aliphatic carbocycles. The summed E-state index contributed by atoms with van der Waals surface area (Å²) in [4.78, 5) is 12.0. The molecule has 136 valence electrons. The predicted octanol–water partition coefficient (Wildman–Crippen LogP) is 4.62. The van der Waals surface area contributed by atoms with Gasteiger partial charge in [-0.2, -0.15) is 0 Å². The van der Waals surface area contributed by atoms with E-state index in [1.165, 1.54) is 17.0 Å². The maximum absolute atomic E-state index is 5.48. The lowest BCUT2D eigenvalue weighted by Crippen LogP contribution is -2.35. The molecule has 0 atom stereocenters. The van der Waals surface area contributed by atoms with Gasteiger partial charge in [0.1, 0.15) is 5.82 Å². The standard InChI is InChI=1S/C21H25N3OS/c1-2-13-26-18-7-8-19-20(15-18)23-21(22-19)16-5-3-4-6-17(14-16)24-9-11-25-12-10-24/h4-8,14-15H,2-3,9-13H2,1H3,(H,22,23). The van der Waals surface area contributed by atoms with Crippen molar-refractivity contribution < 1.29 is 4.74 Å². The number of aromatic nitrogens is 2. The fraction of sp³-hybridized carbons (Fsp3) is 0.381. The second kappa shape index (κ2) is 8.14. The van der Waals surface area contributed by atoms with Gasteiger partial charge in [0, 0.05) is 29.3 Å². The Hall–Kier alpha value is -1.98.